The van der Waals surface area contributed by atoms with Gasteiger partial charge >= 0.3 is 0 Å². The Morgan fingerprint density at radius 2 is 1.87 bits per heavy atom. The van der Waals surface area contributed by atoms with Crippen molar-refractivity contribution >= 4 is 36.6 Å². The molecule has 5 atom stereocenters. The molecule has 0 aliphatic carbocycles. The van der Waals surface area contributed by atoms with Gasteiger partial charge in [-0.05, 0) is 37.1 Å². The number of hydrogen-bond acceptors (Lipinski definition) is 6. The van der Waals surface area contributed by atoms with Crippen LogP contribution in [0.25, 0.3) is 0 Å². The molecule has 0 aromatic heterocycles. The third kappa shape index (κ3) is 6.24. The quantitative estimate of drug-likeness (QED) is 0.556. The first-order chi connectivity index (χ1) is 17.4. The summed E-state index contributed by atoms with van der Waals surface area (Å²) in [6, 6.07) is 11.5. The molecule has 5 rings (SSSR count). The number of para-hydroxylation sites is 1. The van der Waals surface area contributed by atoms with Crippen LogP contribution in [-0.2, 0) is 14.3 Å². The fourth-order valence-corrected chi connectivity index (χ4v) is 5.60. The highest BCUT2D eigenvalue weighted by atomic mass is 35.5. The number of amides is 2. The van der Waals surface area contributed by atoms with E-state index >= 15 is 0 Å². The van der Waals surface area contributed by atoms with E-state index in [1.54, 1.807) is 4.90 Å². The maximum Gasteiger partial charge on any atom is 0.244 e. The Morgan fingerprint density at radius 3 is 2.61 bits per heavy atom. The van der Waals surface area contributed by atoms with E-state index in [-0.39, 0.29) is 54.8 Å². The van der Waals surface area contributed by atoms with E-state index in [0.29, 0.717) is 38.3 Å². The van der Waals surface area contributed by atoms with Gasteiger partial charge in [0.15, 0.2) is 0 Å². The van der Waals surface area contributed by atoms with Crippen LogP contribution >= 0.6 is 24.8 Å². The summed E-state index contributed by atoms with van der Waals surface area (Å²) in [5.74, 6) is -0.180. The number of fused-ring (bicyclic) bond motifs is 2. The van der Waals surface area contributed by atoms with E-state index in [1.165, 1.54) is 24.3 Å². The highest BCUT2D eigenvalue weighted by Gasteiger charge is 2.46. The topological polar surface area (TPSA) is 97.1 Å². The monoisotopic (exact) mass is 568 g/mol. The first-order valence-electron chi connectivity index (χ1n) is 12.6. The molecule has 0 spiro atoms. The number of nitrogens with two attached hydrogens (primary N) is 1. The normalized spacial score (nSPS) is 25.1. The van der Waals surface area contributed by atoms with Crippen molar-refractivity contribution in [2.75, 3.05) is 32.8 Å². The van der Waals surface area contributed by atoms with Crippen LogP contribution in [0.1, 0.15) is 43.0 Å². The minimum Gasteiger partial charge on any atom is -0.493 e. The molecule has 2 saturated heterocycles. The van der Waals surface area contributed by atoms with Crippen molar-refractivity contribution in [1.82, 2.24) is 15.1 Å². The number of carbonyl (C=O) groups excluding carboxylic acids is 2. The zero-order valence-electron chi connectivity index (χ0n) is 21.3. The number of nitrogens with one attached hydrogen (secondary N) is 1. The van der Waals surface area contributed by atoms with Crippen LogP contribution in [0.2, 0.25) is 0 Å². The minimum atomic E-state index is -0.986. The molecule has 0 unspecified atom stereocenters. The Kier molecular flexibility index (Phi) is 10.4. The number of rotatable bonds is 6. The van der Waals surface area contributed by atoms with Gasteiger partial charge in [0.1, 0.15) is 23.7 Å². The fraction of sp³-hybridized carbons (Fsp3) is 0.481. The molecule has 2 aromatic rings. The third-order valence-corrected chi connectivity index (χ3v) is 7.44. The lowest BCUT2D eigenvalue weighted by molar-refractivity contribution is -0.146. The van der Waals surface area contributed by atoms with Gasteiger partial charge in [0.2, 0.25) is 11.8 Å². The molecule has 3 aliphatic heterocycles. The van der Waals surface area contributed by atoms with Gasteiger partial charge in [-0.15, -0.1) is 24.8 Å². The summed E-state index contributed by atoms with van der Waals surface area (Å²) in [5.41, 5.74) is 7.79. The first kappa shape index (κ1) is 30.1. The number of nitrogens with zero attached hydrogens (tertiary/aromatic N) is 2. The van der Waals surface area contributed by atoms with Gasteiger partial charge in [-0.25, -0.2) is 4.39 Å². The summed E-state index contributed by atoms with van der Waals surface area (Å²) in [4.78, 5) is 31.2. The zero-order valence-corrected chi connectivity index (χ0v) is 22.9. The molecule has 38 heavy (non-hydrogen) atoms. The lowest BCUT2D eigenvalue weighted by Crippen LogP contribution is -2.64. The van der Waals surface area contributed by atoms with Gasteiger partial charge in [0.05, 0.1) is 18.8 Å². The van der Waals surface area contributed by atoms with Crippen LogP contribution in [0.15, 0.2) is 48.5 Å². The molecular formula is C27H35Cl2FN4O4. The predicted octanol–water partition coefficient (Wildman–Crippen LogP) is 3.00. The molecule has 2 amide bonds. The van der Waals surface area contributed by atoms with Gasteiger partial charge in [0, 0.05) is 44.3 Å². The average molecular weight is 570 g/mol. The minimum absolute atomic E-state index is 0. The van der Waals surface area contributed by atoms with Crippen molar-refractivity contribution in [3.05, 3.63) is 65.5 Å². The number of ether oxygens (including phenoxy) is 2. The van der Waals surface area contributed by atoms with Gasteiger partial charge in [-0.2, -0.15) is 0 Å². The Hall–Kier alpha value is -2.43. The Bertz CT molecular complexity index is 1110. The van der Waals surface area contributed by atoms with Crippen LogP contribution in [0.4, 0.5) is 4.39 Å². The summed E-state index contributed by atoms with van der Waals surface area (Å²) in [7, 11) is 0. The maximum atomic E-state index is 13.7. The number of carbonyl (C=O) groups is 2. The van der Waals surface area contributed by atoms with Crippen molar-refractivity contribution in [3.63, 3.8) is 0 Å². The lowest BCUT2D eigenvalue weighted by Gasteiger charge is -2.44. The van der Waals surface area contributed by atoms with E-state index in [9.17, 15) is 14.0 Å². The highest BCUT2D eigenvalue weighted by molar-refractivity contribution is 5.91. The largest absolute Gasteiger partial charge is 0.493 e. The molecule has 0 bridgehead atoms. The van der Waals surface area contributed by atoms with Gasteiger partial charge in [0.25, 0.3) is 0 Å². The van der Waals surface area contributed by atoms with Crippen molar-refractivity contribution in [2.24, 2.45) is 5.73 Å². The molecule has 3 aliphatic rings. The number of benzene rings is 2. The third-order valence-electron chi connectivity index (χ3n) is 7.44. The van der Waals surface area contributed by atoms with Gasteiger partial charge < -0.3 is 25.4 Å². The van der Waals surface area contributed by atoms with E-state index < -0.39 is 17.9 Å². The first-order valence-corrected chi connectivity index (χ1v) is 12.6. The summed E-state index contributed by atoms with van der Waals surface area (Å²) in [6.45, 7) is 4.63. The molecule has 0 radical (unpaired) electrons. The smallest absolute Gasteiger partial charge is 0.244 e. The van der Waals surface area contributed by atoms with Crippen molar-refractivity contribution in [2.45, 2.75) is 50.0 Å². The second kappa shape index (κ2) is 13.1. The van der Waals surface area contributed by atoms with Crippen LogP contribution in [0.5, 0.6) is 5.75 Å². The lowest BCUT2D eigenvalue weighted by atomic mass is 9.98. The van der Waals surface area contributed by atoms with Crippen LogP contribution < -0.4 is 15.8 Å². The van der Waals surface area contributed by atoms with Gasteiger partial charge in [-0.1, -0.05) is 30.3 Å². The van der Waals surface area contributed by atoms with E-state index in [1.807, 2.05) is 31.2 Å². The Morgan fingerprint density at radius 1 is 1.13 bits per heavy atom. The SMILES string of the molecule is CCO[C@@H]1C[C@@H]2CN(C(=O)[C@@H](N)c3ccc(F)cc3)[C@H](C(=O)N[C@@H]3CCOc4ccccc43)CN2C1.Cl.Cl. The molecule has 0 saturated carbocycles. The van der Waals surface area contributed by atoms with Crippen molar-refractivity contribution in [3.8, 4) is 5.75 Å². The second-order valence-electron chi connectivity index (χ2n) is 9.69. The molecule has 3 N–H and O–H groups in total. The summed E-state index contributed by atoms with van der Waals surface area (Å²) >= 11 is 0. The van der Waals surface area contributed by atoms with Crippen LogP contribution in [-0.4, -0.2) is 72.6 Å². The average Bonchev–Trinajstić information content (AvgIpc) is 3.29. The Balaban J connectivity index is 0.00000200. The highest BCUT2D eigenvalue weighted by Crippen LogP contribution is 2.33. The number of piperazine rings is 1. The fourth-order valence-electron chi connectivity index (χ4n) is 5.60. The van der Waals surface area contributed by atoms with E-state index in [2.05, 4.69) is 10.2 Å². The van der Waals surface area contributed by atoms with Crippen LogP contribution in [0.3, 0.4) is 0 Å². The van der Waals surface area contributed by atoms with Crippen molar-refractivity contribution < 1.29 is 23.5 Å². The summed E-state index contributed by atoms with van der Waals surface area (Å²) < 4.78 is 25.0. The van der Waals surface area contributed by atoms with Gasteiger partial charge in [-0.3, -0.25) is 14.5 Å². The standard InChI is InChI=1S/C27H33FN4O4.2ClH/c1-2-35-20-13-19-14-32(27(34)25(29)17-7-9-18(28)10-8-17)23(16-31(19)15-20)26(33)30-22-11-12-36-24-6-4-3-5-21(22)24;;/h3-10,19-20,22-23,25H,2,11-16,29H2,1H3,(H,30,33);2*1H/t19-,20-,22-,23+,25+;;/m1../s1. The summed E-state index contributed by atoms with van der Waals surface area (Å²) in [5, 5.41) is 3.17. The molecule has 2 aromatic carbocycles. The predicted molar refractivity (Wildman–Crippen MR) is 146 cm³/mol. The number of halogens is 3. The molecule has 8 nitrogen and oxygen atoms in total. The van der Waals surface area contributed by atoms with E-state index in [0.717, 1.165) is 24.3 Å². The molecular weight excluding hydrogens is 534 g/mol. The Labute approximate surface area is 234 Å². The van der Waals surface area contributed by atoms with E-state index in [4.69, 9.17) is 15.2 Å². The van der Waals surface area contributed by atoms with Crippen molar-refractivity contribution in [1.29, 1.82) is 0 Å². The molecule has 2 fully saturated rings. The molecule has 11 heteroatoms. The molecule has 3 heterocycles. The molecule has 208 valence electrons. The summed E-state index contributed by atoms with van der Waals surface area (Å²) in [6.07, 6.45) is 1.52. The van der Waals surface area contributed by atoms with Crippen LogP contribution in [0, 0.1) is 5.82 Å². The number of hydrogen-bond donors (Lipinski definition) is 2. The second-order valence-corrected chi connectivity index (χ2v) is 9.69. The maximum absolute atomic E-state index is 13.7. The zero-order chi connectivity index (χ0) is 25.2.